The van der Waals surface area contributed by atoms with Gasteiger partial charge in [0.15, 0.2) is 6.10 Å². The number of ether oxygens (including phenoxy) is 5. The first kappa shape index (κ1) is 41.4. The van der Waals surface area contributed by atoms with Crippen LogP contribution >= 0.6 is 0 Å². The second-order valence-electron chi connectivity index (χ2n) is 12.4. The van der Waals surface area contributed by atoms with E-state index >= 15 is 0 Å². The predicted octanol–water partition coefficient (Wildman–Crippen LogP) is 5.58. The Morgan fingerprint density at radius 1 is 1.04 bits per heavy atom. The molecule has 1 aromatic carbocycles. The fourth-order valence-electron chi connectivity index (χ4n) is 6.13. The highest BCUT2D eigenvalue weighted by Gasteiger charge is 2.35. The van der Waals surface area contributed by atoms with Gasteiger partial charge in [-0.2, -0.15) is 0 Å². The number of fused-ring (bicyclic) bond motifs is 2. The van der Waals surface area contributed by atoms with Crippen LogP contribution in [0.25, 0.3) is 0 Å². The van der Waals surface area contributed by atoms with Crippen molar-refractivity contribution in [1.82, 2.24) is 0 Å². The zero-order valence-electron chi connectivity index (χ0n) is 30.1. The van der Waals surface area contributed by atoms with Crippen molar-refractivity contribution in [3.05, 3.63) is 47.1 Å². The third-order valence-electron chi connectivity index (χ3n) is 8.71. The van der Waals surface area contributed by atoms with E-state index in [-0.39, 0.29) is 45.8 Å². The maximum absolute atomic E-state index is 13.3. The van der Waals surface area contributed by atoms with Crippen molar-refractivity contribution in [3.8, 4) is 11.5 Å². The van der Waals surface area contributed by atoms with Crippen LogP contribution in [0, 0.1) is 11.8 Å². The number of carbonyl (C=O) groups excluding carboxylic acids is 2. The number of hydrogen-bond acceptors (Lipinski definition) is 11. The summed E-state index contributed by atoms with van der Waals surface area (Å²) in [5, 5.41) is 25.6. The minimum atomic E-state index is -0.969. The molecule has 0 radical (unpaired) electrons. The van der Waals surface area contributed by atoms with Crippen molar-refractivity contribution >= 4 is 29.6 Å². The molecule has 1 aliphatic heterocycles. The second-order valence-corrected chi connectivity index (χ2v) is 12.4. The summed E-state index contributed by atoms with van der Waals surface area (Å²) in [6.45, 7) is 7.90. The maximum Gasteiger partial charge on any atom is 0.405 e. The van der Waals surface area contributed by atoms with Gasteiger partial charge in [0.05, 0.1) is 29.6 Å². The highest BCUT2D eigenvalue weighted by molar-refractivity contribution is 6.05. The number of amides is 2. The molecular weight excluding hydrogens is 632 g/mol. The number of primary amides is 1. The fraction of sp³-hybridized carbons (Fsp3) is 0.583. The summed E-state index contributed by atoms with van der Waals surface area (Å²) in [6.07, 6.45) is 7.84. The maximum atomic E-state index is 13.3. The van der Waals surface area contributed by atoms with Crippen LogP contribution in [0.4, 0.5) is 16.2 Å². The molecule has 7 atom stereocenters. The monoisotopic (exact) mass is 688 g/mol. The lowest BCUT2D eigenvalue weighted by molar-refractivity contribution is -0.112. The smallest absolute Gasteiger partial charge is 0.405 e. The van der Waals surface area contributed by atoms with Gasteiger partial charge in [0.1, 0.15) is 23.3 Å². The van der Waals surface area contributed by atoms with Crippen molar-refractivity contribution in [3.63, 3.8) is 0 Å². The van der Waals surface area contributed by atoms with Crippen LogP contribution in [0.15, 0.2) is 46.5 Å². The number of phenols is 2. The Kier molecular flexibility index (Phi) is 17.5. The van der Waals surface area contributed by atoms with E-state index in [4.69, 9.17) is 35.2 Å². The van der Waals surface area contributed by atoms with Crippen molar-refractivity contribution in [1.29, 1.82) is 0 Å². The number of nitrogens with two attached hydrogens (primary N) is 2. The number of phenolic OH excluding ortho intramolecular Hbond substituents is 2. The van der Waals surface area contributed by atoms with Crippen LogP contribution in [0.1, 0.15) is 71.5 Å². The van der Waals surface area contributed by atoms with E-state index < -0.39 is 42.5 Å². The van der Waals surface area contributed by atoms with Crippen LogP contribution < -0.4 is 16.8 Å². The number of aromatic hydroxyl groups is 2. The summed E-state index contributed by atoms with van der Waals surface area (Å²) >= 11 is 0. The number of nitrogens with zero attached hydrogens (tertiary/aromatic N) is 1. The Hall–Kier alpha value is -3.75. The standard InChI is InChI=1S/C36H56N4O9/c1-21-14-13-15-27(45-5)33(49-36(38)44)23(3)18-22(2)32(47-7)28(46-6)19-24(4)34(48-8)29-30(39-17-12-10-9-11-16-37)26(41)20-25(31(29)42)40-35(21)43/h13-15,17-18,20,22,24,27-28,32-34,41-42H,9-12,16,19,37H2,1-8H3,(H2,38,44)(H,40,43)/b15-13?,21-14+,23-18?,39-17?. The van der Waals surface area contributed by atoms with E-state index in [1.807, 2.05) is 19.9 Å². The normalized spacial score (nSPS) is 27.0. The summed E-state index contributed by atoms with van der Waals surface area (Å²) in [6, 6.07) is 1.27. The molecule has 0 aliphatic carbocycles. The fourth-order valence-corrected chi connectivity index (χ4v) is 6.13. The lowest BCUT2D eigenvalue weighted by Crippen LogP contribution is -2.38. The van der Waals surface area contributed by atoms with Gasteiger partial charge < -0.3 is 50.7 Å². The van der Waals surface area contributed by atoms with Gasteiger partial charge in [-0.25, -0.2) is 4.79 Å². The molecular formula is C36H56N4O9. The molecule has 0 fully saturated rings. The number of unbranched alkanes of at least 4 members (excludes halogenated alkanes) is 3. The van der Waals surface area contributed by atoms with Crippen LogP contribution in [0.5, 0.6) is 11.5 Å². The summed E-state index contributed by atoms with van der Waals surface area (Å²) in [7, 11) is 6.15. The number of carbonyl (C=O) groups is 2. The second kappa shape index (κ2) is 20.7. The van der Waals surface area contributed by atoms with Crippen molar-refractivity contribution in [2.75, 3.05) is 40.3 Å². The number of nitrogens with one attached hydrogen (secondary N) is 1. The van der Waals surface area contributed by atoms with Crippen molar-refractivity contribution < 1.29 is 43.5 Å². The molecule has 49 heavy (non-hydrogen) atoms. The molecule has 0 saturated carbocycles. The molecule has 1 aliphatic rings. The van der Waals surface area contributed by atoms with Crippen LogP contribution in [0.3, 0.4) is 0 Å². The highest BCUT2D eigenvalue weighted by atomic mass is 16.6. The van der Waals surface area contributed by atoms with Crippen LogP contribution in [0.2, 0.25) is 0 Å². The SMILES string of the molecule is COC1C=C/C=C(\C)C(=O)Nc2cc(O)c(N=CCCCCCN)c(c2O)C(OC)C(C)CC(OC)C(OC)C(C)C=C(C)C1OC(N)=O. The number of methoxy groups -OCH3 is 4. The molecule has 2 amide bonds. The number of hydrogen-bond donors (Lipinski definition) is 5. The Morgan fingerprint density at radius 3 is 2.35 bits per heavy atom. The van der Waals surface area contributed by atoms with Gasteiger partial charge in [-0.05, 0) is 57.6 Å². The van der Waals surface area contributed by atoms with Gasteiger partial charge in [0.2, 0.25) is 0 Å². The first-order valence-corrected chi connectivity index (χ1v) is 16.6. The molecule has 2 bridgehead atoms. The molecule has 1 aromatic rings. The molecule has 0 saturated heterocycles. The van der Waals surface area contributed by atoms with E-state index in [1.165, 1.54) is 20.3 Å². The largest absolute Gasteiger partial charge is 0.506 e. The lowest BCUT2D eigenvalue weighted by atomic mass is 9.85. The van der Waals surface area contributed by atoms with Gasteiger partial charge in [-0.3, -0.25) is 9.79 Å². The van der Waals surface area contributed by atoms with Gasteiger partial charge in [-0.1, -0.05) is 44.6 Å². The van der Waals surface area contributed by atoms with Gasteiger partial charge in [0, 0.05) is 52.2 Å². The molecule has 0 aromatic heterocycles. The first-order chi connectivity index (χ1) is 23.3. The molecule has 7 N–H and O–H groups in total. The van der Waals surface area contributed by atoms with Gasteiger partial charge in [-0.15, -0.1) is 0 Å². The molecule has 0 spiro atoms. The predicted molar refractivity (Wildman–Crippen MR) is 190 cm³/mol. The topological polar surface area (TPSA) is 197 Å². The van der Waals surface area contributed by atoms with E-state index in [0.717, 1.165) is 19.3 Å². The molecule has 274 valence electrons. The number of rotatable bonds is 11. The van der Waals surface area contributed by atoms with E-state index in [9.17, 15) is 19.8 Å². The lowest BCUT2D eigenvalue weighted by Gasteiger charge is -2.34. The highest BCUT2D eigenvalue weighted by Crippen LogP contribution is 2.49. The third kappa shape index (κ3) is 11.7. The Morgan fingerprint density at radius 2 is 1.76 bits per heavy atom. The average Bonchev–Trinajstić information content (AvgIpc) is 3.06. The Bertz CT molecular complexity index is 1360. The minimum Gasteiger partial charge on any atom is -0.506 e. The van der Waals surface area contributed by atoms with E-state index in [2.05, 4.69) is 10.3 Å². The molecule has 13 heteroatoms. The summed E-state index contributed by atoms with van der Waals surface area (Å²) in [4.78, 5) is 29.8. The van der Waals surface area contributed by atoms with Gasteiger partial charge >= 0.3 is 6.09 Å². The molecule has 7 unspecified atom stereocenters. The van der Waals surface area contributed by atoms with Crippen LogP contribution in [-0.2, 0) is 28.5 Å². The van der Waals surface area contributed by atoms with Gasteiger partial charge in [0.25, 0.3) is 5.91 Å². The van der Waals surface area contributed by atoms with Crippen LogP contribution in [-0.4, -0.2) is 87.8 Å². The zero-order valence-corrected chi connectivity index (χ0v) is 30.1. The summed E-state index contributed by atoms with van der Waals surface area (Å²) in [5.74, 6) is -1.62. The van der Waals surface area contributed by atoms with Crippen molar-refractivity contribution in [2.24, 2.45) is 28.3 Å². The zero-order chi connectivity index (χ0) is 36.7. The third-order valence-corrected chi connectivity index (χ3v) is 8.71. The van der Waals surface area contributed by atoms with E-state index in [0.29, 0.717) is 25.0 Å². The minimum absolute atomic E-state index is 0.0144. The number of aliphatic imine (C=N–C) groups is 1. The van der Waals surface area contributed by atoms with Crippen molar-refractivity contribution in [2.45, 2.75) is 90.3 Å². The number of anilines is 1. The number of benzene rings is 1. The molecule has 13 nitrogen and oxygen atoms in total. The summed E-state index contributed by atoms with van der Waals surface area (Å²) in [5.41, 5.74) is 12.3. The van der Waals surface area contributed by atoms with E-state index in [1.54, 1.807) is 52.5 Å². The quantitative estimate of drug-likeness (QED) is 0.0643. The first-order valence-electron chi connectivity index (χ1n) is 16.6. The molecule has 2 rings (SSSR count). The molecule has 1 heterocycles. The Labute approximate surface area is 290 Å². The number of allylic oxidation sites excluding steroid dienone is 2. The summed E-state index contributed by atoms with van der Waals surface area (Å²) < 4.78 is 29.0. The Balaban J connectivity index is 2.78. The average molecular weight is 689 g/mol.